The molecule has 2 rings (SSSR count). The number of hydrogen-bond acceptors (Lipinski definition) is 1. The van der Waals surface area contributed by atoms with Gasteiger partial charge >= 0.3 is 5.97 Å². The van der Waals surface area contributed by atoms with Gasteiger partial charge in [-0.05, 0) is 51.8 Å². The van der Waals surface area contributed by atoms with E-state index in [1.807, 2.05) is 25.3 Å². The maximum absolute atomic E-state index is 11.4. The number of carbonyl (C=O) groups is 1. The lowest BCUT2D eigenvalue weighted by atomic mass is 10.1. The van der Waals surface area contributed by atoms with Crippen LogP contribution < -0.4 is 0 Å². The SMILES string of the molecule is Cc1ccc(-n2c(C)c(C)c(C(=O)O)c2C)c(C)c1. The molecule has 0 aliphatic carbocycles. The lowest BCUT2D eigenvalue weighted by Gasteiger charge is -2.13. The fourth-order valence-electron chi connectivity index (χ4n) is 2.72. The Bertz CT molecular complexity index is 666. The van der Waals surface area contributed by atoms with Gasteiger partial charge in [-0.3, -0.25) is 0 Å². The maximum atomic E-state index is 11.4. The van der Waals surface area contributed by atoms with E-state index in [-0.39, 0.29) is 0 Å². The number of aromatic nitrogens is 1. The van der Waals surface area contributed by atoms with Crippen LogP contribution in [0.3, 0.4) is 0 Å². The Morgan fingerprint density at radius 1 is 1.05 bits per heavy atom. The Balaban J connectivity index is 2.76. The van der Waals surface area contributed by atoms with Crippen molar-refractivity contribution in [1.29, 1.82) is 0 Å². The van der Waals surface area contributed by atoms with Crippen molar-refractivity contribution in [2.45, 2.75) is 34.6 Å². The van der Waals surface area contributed by atoms with Gasteiger partial charge in [0.15, 0.2) is 0 Å². The molecular weight excluding hydrogens is 238 g/mol. The van der Waals surface area contributed by atoms with Gasteiger partial charge in [-0.2, -0.15) is 0 Å². The average Bonchev–Trinajstić information content (AvgIpc) is 2.52. The number of carboxylic acid groups (broad SMARTS) is 1. The molecule has 1 aromatic heterocycles. The summed E-state index contributed by atoms with van der Waals surface area (Å²) < 4.78 is 2.04. The van der Waals surface area contributed by atoms with Gasteiger partial charge in [0.2, 0.25) is 0 Å². The highest BCUT2D eigenvalue weighted by Crippen LogP contribution is 2.27. The molecule has 1 aromatic carbocycles. The normalized spacial score (nSPS) is 10.8. The first-order chi connectivity index (χ1) is 8.84. The summed E-state index contributed by atoms with van der Waals surface area (Å²) in [7, 11) is 0. The Morgan fingerprint density at radius 2 is 1.68 bits per heavy atom. The van der Waals surface area contributed by atoms with Crippen LogP contribution in [0.4, 0.5) is 0 Å². The Hall–Kier alpha value is -2.03. The van der Waals surface area contributed by atoms with Crippen molar-refractivity contribution in [3.8, 4) is 5.69 Å². The molecule has 0 aliphatic rings. The van der Waals surface area contributed by atoms with Gasteiger partial charge in [0.1, 0.15) is 0 Å². The Kier molecular flexibility index (Phi) is 3.23. The molecule has 0 unspecified atom stereocenters. The van der Waals surface area contributed by atoms with Crippen molar-refractivity contribution in [3.05, 3.63) is 51.8 Å². The smallest absolute Gasteiger partial charge is 0.337 e. The summed E-state index contributed by atoms with van der Waals surface area (Å²) in [6, 6.07) is 6.22. The number of aromatic carboxylic acids is 1. The second-order valence-corrected chi connectivity index (χ2v) is 5.10. The quantitative estimate of drug-likeness (QED) is 0.891. The molecule has 0 bridgehead atoms. The summed E-state index contributed by atoms with van der Waals surface area (Å²) in [5.41, 5.74) is 6.44. The second-order valence-electron chi connectivity index (χ2n) is 5.10. The van der Waals surface area contributed by atoms with Crippen molar-refractivity contribution in [2.75, 3.05) is 0 Å². The van der Waals surface area contributed by atoms with Crippen LogP contribution >= 0.6 is 0 Å². The number of nitrogens with zero attached hydrogens (tertiary/aromatic N) is 1. The molecule has 0 aliphatic heterocycles. The zero-order chi connectivity index (χ0) is 14.3. The molecule has 0 atom stereocenters. The van der Waals surface area contributed by atoms with E-state index in [4.69, 9.17) is 0 Å². The number of carboxylic acids is 1. The third kappa shape index (κ3) is 2.05. The third-order valence-electron chi connectivity index (χ3n) is 3.76. The van der Waals surface area contributed by atoms with Crippen molar-refractivity contribution in [2.24, 2.45) is 0 Å². The van der Waals surface area contributed by atoms with Crippen molar-refractivity contribution in [3.63, 3.8) is 0 Å². The number of hydrogen-bond donors (Lipinski definition) is 1. The molecule has 0 fully saturated rings. The van der Waals surface area contributed by atoms with Crippen molar-refractivity contribution >= 4 is 5.97 Å². The highest BCUT2D eigenvalue weighted by molar-refractivity contribution is 5.91. The predicted molar refractivity (Wildman–Crippen MR) is 76.4 cm³/mol. The average molecular weight is 257 g/mol. The highest BCUT2D eigenvalue weighted by atomic mass is 16.4. The fraction of sp³-hybridized carbons (Fsp3) is 0.312. The Labute approximate surface area is 113 Å². The number of benzene rings is 1. The van der Waals surface area contributed by atoms with Crippen LogP contribution in [0, 0.1) is 34.6 Å². The minimum Gasteiger partial charge on any atom is -0.478 e. The lowest BCUT2D eigenvalue weighted by Crippen LogP contribution is -2.04. The van der Waals surface area contributed by atoms with Crippen molar-refractivity contribution in [1.82, 2.24) is 4.57 Å². The minimum atomic E-state index is -0.860. The lowest BCUT2D eigenvalue weighted by molar-refractivity contribution is 0.0695. The standard InChI is InChI=1S/C16H19NO2/c1-9-6-7-14(10(2)8-9)17-12(4)11(3)15(13(17)5)16(18)19/h6-8H,1-5H3,(H,18,19). The van der Waals surface area contributed by atoms with Gasteiger partial charge in [-0.1, -0.05) is 17.7 Å². The van der Waals surface area contributed by atoms with Crippen LogP contribution in [0.1, 0.15) is 38.4 Å². The first-order valence-corrected chi connectivity index (χ1v) is 6.34. The Morgan fingerprint density at radius 3 is 2.16 bits per heavy atom. The van der Waals surface area contributed by atoms with E-state index in [0.717, 1.165) is 28.2 Å². The molecule has 0 radical (unpaired) electrons. The highest BCUT2D eigenvalue weighted by Gasteiger charge is 2.21. The first-order valence-electron chi connectivity index (χ1n) is 6.34. The summed E-state index contributed by atoms with van der Waals surface area (Å²) in [6.45, 7) is 9.81. The molecule has 0 saturated heterocycles. The monoisotopic (exact) mass is 257 g/mol. The third-order valence-corrected chi connectivity index (χ3v) is 3.76. The maximum Gasteiger partial charge on any atom is 0.337 e. The van der Waals surface area contributed by atoms with E-state index < -0.39 is 5.97 Å². The molecule has 0 spiro atoms. The molecule has 0 amide bonds. The molecule has 19 heavy (non-hydrogen) atoms. The van der Waals surface area contributed by atoms with E-state index in [9.17, 15) is 9.90 Å². The summed E-state index contributed by atoms with van der Waals surface area (Å²) >= 11 is 0. The molecule has 1 heterocycles. The zero-order valence-electron chi connectivity index (χ0n) is 12.0. The molecule has 100 valence electrons. The van der Waals surface area contributed by atoms with Gasteiger partial charge in [-0.15, -0.1) is 0 Å². The van der Waals surface area contributed by atoms with Gasteiger partial charge < -0.3 is 9.67 Å². The van der Waals surface area contributed by atoms with Crippen LogP contribution in [0.25, 0.3) is 5.69 Å². The fourth-order valence-corrected chi connectivity index (χ4v) is 2.72. The second kappa shape index (κ2) is 4.57. The topological polar surface area (TPSA) is 42.2 Å². The van der Waals surface area contributed by atoms with Crippen LogP contribution in [-0.4, -0.2) is 15.6 Å². The summed E-state index contributed by atoms with van der Waals surface area (Å²) in [6.07, 6.45) is 0. The summed E-state index contributed by atoms with van der Waals surface area (Å²) in [5, 5.41) is 9.33. The van der Waals surface area contributed by atoms with E-state index in [1.54, 1.807) is 0 Å². The van der Waals surface area contributed by atoms with Crippen LogP contribution in [0.5, 0.6) is 0 Å². The van der Waals surface area contributed by atoms with E-state index >= 15 is 0 Å². The van der Waals surface area contributed by atoms with Gasteiger partial charge in [0.05, 0.1) is 5.56 Å². The number of aryl methyl sites for hydroxylation is 2. The van der Waals surface area contributed by atoms with Gasteiger partial charge in [-0.25, -0.2) is 4.79 Å². The molecule has 1 N–H and O–H groups in total. The van der Waals surface area contributed by atoms with Gasteiger partial charge in [0.25, 0.3) is 0 Å². The molecule has 2 aromatic rings. The molecule has 3 nitrogen and oxygen atoms in total. The largest absolute Gasteiger partial charge is 0.478 e. The summed E-state index contributed by atoms with van der Waals surface area (Å²) in [4.78, 5) is 11.4. The molecule has 0 saturated carbocycles. The van der Waals surface area contributed by atoms with Crippen LogP contribution in [0.15, 0.2) is 18.2 Å². The zero-order valence-corrected chi connectivity index (χ0v) is 12.0. The first kappa shape index (κ1) is 13.4. The predicted octanol–water partition coefficient (Wildman–Crippen LogP) is 3.72. The van der Waals surface area contributed by atoms with E-state index in [1.165, 1.54) is 5.56 Å². The molecule has 3 heteroatoms. The van der Waals surface area contributed by atoms with E-state index in [2.05, 4.69) is 32.0 Å². The minimum absolute atomic E-state index is 0.414. The number of rotatable bonds is 2. The summed E-state index contributed by atoms with van der Waals surface area (Å²) in [5.74, 6) is -0.860. The van der Waals surface area contributed by atoms with Crippen LogP contribution in [-0.2, 0) is 0 Å². The van der Waals surface area contributed by atoms with Crippen molar-refractivity contribution < 1.29 is 9.90 Å². The van der Waals surface area contributed by atoms with Crippen LogP contribution in [0.2, 0.25) is 0 Å². The molecular formula is C16H19NO2. The van der Waals surface area contributed by atoms with E-state index in [0.29, 0.717) is 5.56 Å². The van der Waals surface area contributed by atoms with Gasteiger partial charge in [0, 0.05) is 17.1 Å².